The number of hydrogen-bond acceptors (Lipinski definition) is 1. The van der Waals surface area contributed by atoms with E-state index in [-0.39, 0.29) is 0 Å². The molecular formula is C12H12BrClN2. The van der Waals surface area contributed by atoms with Gasteiger partial charge in [-0.3, -0.25) is 0 Å². The summed E-state index contributed by atoms with van der Waals surface area (Å²) in [5.41, 5.74) is 3.07. The molecule has 4 heteroatoms. The number of rotatable bonds is 2. The second kappa shape index (κ2) is 4.60. The van der Waals surface area contributed by atoms with E-state index in [9.17, 15) is 0 Å². The Balaban J connectivity index is 2.62. The van der Waals surface area contributed by atoms with Gasteiger partial charge in [-0.2, -0.15) is 5.10 Å². The molecule has 0 spiro atoms. The fourth-order valence-electron chi connectivity index (χ4n) is 1.72. The molecule has 0 atom stereocenters. The van der Waals surface area contributed by atoms with Gasteiger partial charge in [-0.05, 0) is 41.4 Å². The first-order valence-corrected chi connectivity index (χ1v) is 6.31. The number of halogens is 2. The lowest BCUT2D eigenvalue weighted by atomic mass is 10.2. The van der Waals surface area contributed by atoms with Crippen LogP contribution in [0.4, 0.5) is 0 Å². The summed E-state index contributed by atoms with van der Waals surface area (Å²) in [4.78, 5) is 0. The summed E-state index contributed by atoms with van der Waals surface area (Å²) in [5.74, 6) is 0. The highest BCUT2D eigenvalue weighted by atomic mass is 79.9. The van der Waals surface area contributed by atoms with Crippen LogP contribution < -0.4 is 0 Å². The molecule has 0 fully saturated rings. The lowest BCUT2D eigenvalue weighted by molar-refractivity contribution is 0.859. The zero-order valence-electron chi connectivity index (χ0n) is 9.17. The van der Waals surface area contributed by atoms with Gasteiger partial charge >= 0.3 is 0 Å². The van der Waals surface area contributed by atoms with Crippen LogP contribution in [0.25, 0.3) is 5.69 Å². The lowest BCUT2D eigenvalue weighted by Crippen LogP contribution is -1.97. The van der Waals surface area contributed by atoms with E-state index in [4.69, 9.17) is 11.6 Å². The molecule has 0 amide bonds. The Hall–Kier alpha value is -0.800. The minimum Gasteiger partial charge on any atom is -0.221 e. The molecule has 0 saturated carbocycles. The van der Waals surface area contributed by atoms with E-state index in [1.165, 1.54) is 0 Å². The van der Waals surface area contributed by atoms with E-state index in [0.29, 0.717) is 5.15 Å². The molecule has 0 saturated heterocycles. The average molecular weight is 300 g/mol. The van der Waals surface area contributed by atoms with Crippen molar-refractivity contribution in [3.63, 3.8) is 0 Å². The van der Waals surface area contributed by atoms with Crippen LogP contribution in [0.3, 0.4) is 0 Å². The van der Waals surface area contributed by atoms with Gasteiger partial charge in [0.1, 0.15) is 5.15 Å². The molecule has 0 aliphatic heterocycles. The minimum absolute atomic E-state index is 0.701. The Labute approximate surface area is 108 Å². The molecule has 1 aromatic carbocycles. The average Bonchev–Trinajstić information content (AvgIpc) is 2.55. The summed E-state index contributed by atoms with van der Waals surface area (Å²) >= 11 is 9.82. The van der Waals surface area contributed by atoms with Gasteiger partial charge < -0.3 is 0 Å². The number of hydrogen-bond donors (Lipinski definition) is 0. The Kier molecular flexibility index (Phi) is 3.36. The molecule has 0 radical (unpaired) electrons. The fraction of sp³-hybridized carbons (Fsp3) is 0.250. The topological polar surface area (TPSA) is 17.8 Å². The van der Waals surface area contributed by atoms with Crippen LogP contribution in [0.2, 0.25) is 5.15 Å². The molecule has 2 nitrogen and oxygen atoms in total. The van der Waals surface area contributed by atoms with Gasteiger partial charge in [0.25, 0.3) is 0 Å². The van der Waals surface area contributed by atoms with Crippen molar-refractivity contribution >= 4 is 27.5 Å². The van der Waals surface area contributed by atoms with Crippen molar-refractivity contribution < 1.29 is 0 Å². The molecule has 16 heavy (non-hydrogen) atoms. The van der Waals surface area contributed by atoms with E-state index < -0.39 is 0 Å². The van der Waals surface area contributed by atoms with Crippen LogP contribution in [-0.4, -0.2) is 9.78 Å². The van der Waals surface area contributed by atoms with E-state index in [1.807, 2.05) is 31.2 Å². The Morgan fingerprint density at radius 3 is 2.62 bits per heavy atom. The second-order valence-corrected chi connectivity index (χ2v) is 4.78. The molecule has 0 bridgehead atoms. The maximum absolute atomic E-state index is 6.32. The number of aryl methyl sites for hydroxylation is 1. The summed E-state index contributed by atoms with van der Waals surface area (Å²) in [6.45, 7) is 4.07. The van der Waals surface area contributed by atoms with Crippen LogP contribution in [0, 0.1) is 6.92 Å². The van der Waals surface area contributed by atoms with Gasteiger partial charge in [-0.1, -0.05) is 30.7 Å². The van der Waals surface area contributed by atoms with Crippen molar-refractivity contribution in [2.45, 2.75) is 20.3 Å². The van der Waals surface area contributed by atoms with Gasteiger partial charge in [0, 0.05) is 10.0 Å². The first-order chi connectivity index (χ1) is 7.65. The maximum Gasteiger partial charge on any atom is 0.136 e. The quantitative estimate of drug-likeness (QED) is 0.814. The summed E-state index contributed by atoms with van der Waals surface area (Å²) in [7, 11) is 0. The third-order valence-corrected chi connectivity index (χ3v) is 3.61. The fourth-order valence-corrected chi connectivity index (χ4v) is 2.57. The smallest absolute Gasteiger partial charge is 0.136 e. The monoisotopic (exact) mass is 298 g/mol. The number of aromatic nitrogens is 2. The zero-order valence-corrected chi connectivity index (χ0v) is 11.5. The van der Waals surface area contributed by atoms with Gasteiger partial charge in [0.2, 0.25) is 0 Å². The van der Waals surface area contributed by atoms with Crippen molar-refractivity contribution in [3.05, 3.63) is 45.1 Å². The maximum atomic E-state index is 6.32. The molecule has 0 N–H and O–H groups in total. The third kappa shape index (κ3) is 1.89. The predicted octanol–water partition coefficient (Wildman–Crippen LogP) is 4.16. The lowest BCUT2D eigenvalue weighted by Gasteiger charge is -2.05. The molecule has 1 aromatic heterocycles. The Morgan fingerprint density at radius 2 is 2.06 bits per heavy atom. The first-order valence-electron chi connectivity index (χ1n) is 5.14. The van der Waals surface area contributed by atoms with Gasteiger partial charge in [-0.15, -0.1) is 0 Å². The summed E-state index contributed by atoms with van der Waals surface area (Å²) in [6, 6.07) is 7.91. The number of nitrogens with zero attached hydrogens (tertiary/aromatic N) is 2. The van der Waals surface area contributed by atoms with Crippen LogP contribution >= 0.6 is 27.5 Å². The van der Waals surface area contributed by atoms with Crippen molar-refractivity contribution in [2.24, 2.45) is 0 Å². The van der Waals surface area contributed by atoms with Crippen molar-refractivity contribution in [2.75, 3.05) is 0 Å². The molecular weight excluding hydrogens is 288 g/mol. The normalized spacial score (nSPS) is 10.8. The van der Waals surface area contributed by atoms with Crippen molar-refractivity contribution in [1.29, 1.82) is 0 Å². The third-order valence-electron chi connectivity index (χ3n) is 2.56. The first kappa shape index (κ1) is 11.7. The van der Waals surface area contributed by atoms with Crippen LogP contribution in [0.5, 0.6) is 0 Å². The molecule has 2 aromatic rings. The highest BCUT2D eigenvalue weighted by molar-refractivity contribution is 9.10. The van der Waals surface area contributed by atoms with Crippen LogP contribution in [0.1, 0.15) is 18.2 Å². The molecule has 1 heterocycles. The number of benzene rings is 1. The highest BCUT2D eigenvalue weighted by Gasteiger charge is 2.14. The zero-order chi connectivity index (χ0) is 11.7. The SMILES string of the molecule is CCc1c(C)nn(-c2ccccc2Br)c1Cl. The molecule has 0 aliphatic rings. The van der Waals surface area contributed by atoms with Crippen molar-refractivity contribution in [1.82, 2.24) is 9.78 Å². The van der Waals surface area contributed by atoms with Crippen molar-refractivity contribution in [3.8, 4) is 5.69 Å². The van der Waals surface area contributed by atoms with Crippen LogP contribution in [0.15, 0.2) is 28.7 Å². The van der Waals surface area contributed by atoms with E-state index in [1.54, 1.807) is 4.68 Å². The summed E-state index contributed by atoms with van der Waals surface area (Å²) in [6.07, 6.45) is 0.898. The largest absolute Gasteiger partial charge is 0.221 e. The number of para-hydroxylation sites is 1. The van der Waals surface area contributed by atoms with Gasteiger partial charge in [-0.25, -0.2) is 4.68 Å². The molecule has 84 valence electrons. The molecule has 0 unspecified atom stereocenters. The molecule has 0 aliphatic carbocycles. The Bertz CT molecular complexity index is 520. The van der Waals surface area contributed by atoms with Gasteiger partial charge in [0.15, 0.2) is 0 Å². The highest BCUT2D eigenvalue weighted by Crippen LogP contribution is 2.27. The summed E-state index contributed by atoms with van der Waals surface area (Å²) in [5, 5.41) is 5.17. The van der Waals surface area contributed by atoms with Gasteiger partial charge in [0.05, 0.1) is 11.4 Å². The minimum atomic E-state index is 0.701. The van der Waals surface area contributed by atoms with E-state index in [0.717, 1.165) is 27.8 Å². The van der Waals surface area contributed by atoms with Crippen LogP contribution in [-0.2, 0) is 6.42 Å². The van der Waals surface area contributed by atoms with E-state index >= 15 is 0 Å². The predicted molar refractivity (Wildman–Crippen MR) is 70.4 cm³/mol. The standard InChI is InChI=1S/C12H12BrClN2/c1-3-9-8(2)15-16(12(9)14)11-7-5-4-6-10(11)13/h4-7H,3H2,1-2H3. The summed E-state index contributed by atoms with van der Waals surface area (Å²) < 4.78 is 2.77. The van der Waals surface area contributed by atoms with E-state index in [2.05, 4.69) is 28.0 Å². The molecule has 2 rings (SSSR count). The second-order valence-electron chi connectivity index (χ2n) is 3.57. The Morgan fingerprint density at radius 1 is 1.38 bits per heavy atom.